The van der Waals surface area contributed by atoms with Gasteiger partial charge in [0.1, 0.15) is 6.79 Å². The Bertz CT molecular complexity index is 324. The van der Waals surface area contributed by atoms with Gasteiger partial charge in [-0.1, -0.05) is 34.6 Å². The van der Waals surface area contributed by atoms with Gasteiger partial charge in [-0.25, -0.2) is 0 Å². The molecule has 3 unspecified atom stereocenters. The van der Waals surface area contributed by atoms with E-state index >= 15 is 0 Å². The van der Waals surface area contributed by atoms with Crippen LogP contribution in [0, 0.1) is 17.8 Å². The molecule has 0 aromatic heterocycles. The molecule has 1 aliphatic carbocycles. The first-order valence-corrected chi connectivity index (χ1v) is 10.4. The monoisotopic (exact) mass is 286 g/mol. The van der Waals surface area contributed by atoms with E-state index in [1.165, 1.54) is 0 Å². The fraction of sp³-hybridized carbons (Fsp3) is 1.00. The van der Waals surface area contributed by atoms with Gasteiger partial charge in [0, 0.05) is 12.5 Å². The average Bonchev–Trinajstić information content (AvgIpc) is 2.82. The molecule has 3 nitrogen and oxygen atoms in total. The molecule has 2 fully saturated rings. The van der Waals surface area contributed by atoms with Crippen LogP contribution in [0.25, 0.3) is 0 Å². The molecule has 4 heteroatoms. The first-order chi connectivity index (χ1) is 8.65. The van der Waals surface area contributed by atoms with Crippen LogP contribution in [0.3, 0.4) is 0 Å². The second kappa shape index (κ2) is 5.13. The smallest absolute Gasteiger partial charge is 0.191 e. The van der Waals surface area contributed by atoms with Crippen LogP contribution < -0.4 is 0 Å². The van der Waals surface area contributed by atoms with Crippen molar-refractivity contribution in [2.24, 2.45) is 17.8 Å². The van der Waals surface area contributed by atoms with E-state index in [2.05, 4.69) is 47.7 Å². The Balaban J connectivity index is 2.00. The minimum Gasteiger partial charge on any atom is -0.416 e. The van der Waals surface area contributed by atoms with Gasteiger partial charge in [0.05, 0.1) is 12.2 Å². The fourth-order valence-corrected chi connectivity index (χ4v) is 4.00. The summed E-state index contributed by atoms with van der Waals surface area (Å²) in [6.45, 7) is 17.4. The third-order valence-electron chi connectivity index (χ3n) is 5.73. The van der Waals surface area contributed by atoms with Gasteiger partial charge < -0.3 is 13.9 Å². The number of ether oxygens (including phenoxy) is 2. The molecule has 0 radical (unpaired) electrons. The second-order valence-corrected chi connectivity index (χ2v) is 12.6. The van der Waals surface area contributed by atoms with Crippen LogP contribution in [0.2, 0.25) is 18.1 Å². The van der Waals surface area contributed by atoms with Crippen LogP contribution in [0.4, 0.5) is 0 Å². The molecule has 2 rings (SSSR count). The topological polar surface area (TPSA) is 27.7 Å². The van der Waals surface area contributed by atoms with E-state index in [4.69, 9.17) is 13.9 Å². The molecule has 1 saturated carbocycles. The summed E-state index contributed by atoms with van der Waals surface area (Å²) in [6.07, 6.45) is 0.526. The van der Waals surface area contributed by atoms with Crippen LogP contribution >= 0.6 is 0 Å². The highest BCUT2D eigenvalue weighted by molar-refractivity contribution is 6.74. The largest absolute Gasteiger partial charge is 0.416 e. The molecule has 1 aliphatic heterocycles. The molecule has 0 amide bonds. The molecular weight excluding hydrogens is 256 g/mol. The molecule has 0 spiro atoms. The Hall–Kier alpha value is 0.0969. The predicted octanol–water partition coefficient (Wildman–Crippen LogP) is 3.65. The molecule has 1 saturated heterocycles. The van der Waals surface area contributed by atoms with Crippen LogP contribution in [0.5, 0.6) is 0 Å². The van der Waals surface area contributed by atoms with Crippen molar-refractivity contribution in [3.8, 4) is 0 Å². The quantitative estimate of drug-likeness (QED) is 0.741. The van der Waals surface area contributed by atoms with E-state index < -0.39 is 8.32 Å². The number of fused-ring (bicyclic) bond motifs is 1. The van der Waals surface area contributed by atoms with Crippen molar-refractivity contribution in [2.45, 2.75) is 65.0 Å². The van der Waals surface area contributed by atoms with Gasteiger partial charge >= 0.3 is 0 Å². The van der Waals surface area contributed by atoms with Crippen molar-refractivity contribution in [1.82, 2.24) is 0 Å². The number of rotatable bonds is 3. The van der Waals surface area contributed by atoms with Crippen molar-refractivity contribution in [3.05, 3.63) is 0 Å². The number of hydrogen-bond donors (Lipinski definition) is 0. The lowest BCUT2D eigenvalue weighted by Gasteiger charge is -2.38. The van der Waals surface area contributed by atoms with E-state index in [0.717, 1.165) is 6.61 Å². The molecule has 112 valence electrons. The zero-order valence-corrected chi connectivity index (χ0v) is 14.5. The molecule has 1 heterocycles. The maximum atomic E-state index is 6.41. The van der Waals surface area contributed by atoms with Crippen molar-refractivity contribution >= 4 is 8.32 Å². The van der Waals surface area contributed by atoms with Gasteiger partial charge in [0.25, 0.3) is 0 Å². The predicted molar refractivity (Wildman–Crippen MR) is 79.6 cm³/mol. The van der Waals surface area contributed by atoms with Crippen LogP contribution in [-0.4, -0.2) is 33.9 Å². The molecule has 5 atom stereocenters. The molecule has 0 N–H and O–H groups in total. The number of hydrogen-bond acceptors (Lipinski definition) is 3. The highest BCUT2D eigenvalue weighted by Crippen LogP contribution is 2.44. The second-order valence-electron chi connectivity index (χ2n) is 7.83. The lowest BCUT2D eigenvalue weighted by molar-refractivity contribution is -0.0106. The van der Waals surface area contributed by atoms with Gasteiger partial charge in [0.2, 0.25) is 0 Å². The van der Waals surface area contributed by atoms with Gasteiger partial charge in [-0.3, -0.25) is 0 Å². The zero-order valence-electron chi connectivity index (χ0n) is 13.5. The van der Waals surface area contributed by atoms with E-state index in [0.29, 0.717) is 24.5 Å². The van der Waals surface area contributed by atoms with Crippen molar-refractivity contribution in [2.75, 3.05) is 13.4 Å². The average molecular weight is 286 g/mol. The van der Waals surface area contributed by atoms with E-state index in [1.807, 2.05) is 0 Å². The summed E-state index contributed by atoms with van der Waals surface area (Å²) in [5, 5.41) is 0.271. The summed E-state index contributed by atoms with van der Waals surface area (Å²) in [6, 6.07) is 0. The summed E-state index contributed by atoms with van der Waals surface area (Å²) >= 11 is 0. The summed E-state index contributed by atoms with van der Waals surface area (Å²) < 4.78 is 17.9. The Kier molecular flexibility index (Phi) is 4.18. The maximum Gasteiger partial charge on any atom is 0.191 e. The highest BCUT2D eigenvalue weighted by atomic mass is 28.4. The van der Waals surface area contributed by atoms with E-state index in [-0.39, 0.29) is 17.2 Å². The van der Waals surface area contributed by atoms with Crippen LogP contribution in [0.15, 0.2) is 0 Å². The molecule has 0 aromatic carbocycles. The minimum absolute atomic E-state index is 0.245. The molecule has 19 heavy (non-hydrogen) atoms. The summed E-state index contributed by atoms with van der Waals surface area (Å²) in [5.74, 6) is 1.66. The molecule has 0 bridgehead atoms. The molecule has 0 aromatic rings. The SMILES string of the molecule is CC1C2OCOC2[C@@H](CO[Si](C)(C)C(C)(C)C)[C@@H]1C. The minimum atomic E-state index is -1.66. The third kappa shape index (κ3) is 2.78. The summed E-state index contributed by atoms with van der Waals surface area (Å²) in [7, 11) is -1.66. The van der Waals surface area contributed by atoms with Crippen LogP contribution in [0.1, 0.15) is 34.6 Å². The standard InChI is InChI=1S/C15H30O3Si/c1-10-11(2)13-14(17-9-16-13)12(10)8-18-19(6,7)15(3,4)5/h10-14H,8-9H2,1-7H3/t10-,11?,12+,13?,14?/m1/s1. The first-order valence-electron chi connectivity index (χ1n) is 7.52. The first kappa shape index (κ1) is 15.5. The van der Waals surface area contributed by atoms with Gasteiger partial charge in [-0.15, -0.1) is 0 Å². The molecule has 2 aliphatic rings. The van der Waals surface area contributed by atoms with Crippen LogP contribution in [-0.2, 0) is 13.9 Å². The highest BCUT2D eigenvalue weighted by Gasteiger charge is 2.51. The fourth-order valence-electron chi connectivity index (χ4n) is 2.96. The van der Waals surface area contributed by atoms with Gasteiger partial charge in [-0.2, -0.15) is 0 Å². The Morgan fingerprint density at radius 3 is 2.21 bits per heavy atom. The maximum absolute atomic E-state index is 6.41. The van der Waals surface area contributed by atoms with Gasteiger partial charge in [0.15, 0.2) is 8.32 Å². The Labute approximate surface area is 119 Å². The van der Waals surface area contributed by atoms with Crippen molar-refractivity contribution in [1.29, 1.82) is 0 Å². The zero-order chi connectivity index (χ0) is 14.4. The lowest BCUT2D eigenvalue weighted by Crippen LogP contribution is -2.43. The normalized spacial score (nSPS) is 39.6. The van der Waals surface area contributed by atoms with Crippen molar-refractivity contribution < 1.29 is 13.9 Å². The van der Waals surface area contributed by atoms with E-state index in [9.17, 15) is 0 Å². The van der Waals surface area contributed by atoms with E-state index in [1.54, 1.807) is 0 Å². The van der Waals surface area contributed by atoms with Gasteiger partial charge in [-0.05, 0) is 30.0 Å². The lowest BCUT2D eigenvalue weighted by atomic mass is 9.92. The Morgan fingerprint density at radius 1 is 1.05 bits per heavy atom. The summed E-state index contributed by atoms with van der Waals surface area (Å²) in [5.41, 5.74) is 0. The Morgan fingerprint density at radius 2 is 1.63 bits per heavy atom. The summed E-state index contributed by atoms with van der Waals surface area (Å²) in [4.78, 5) is 0. The third-order valence-corrected chi connectivity index (χ3v) is 10.2. The van der Waals surface area contributed by atoms with Crippen molar-refractivity contribution in [3.63, 3.8) is 0 Å². The molecular formula is C15H30O3Si.